The van der Waals surface area contributed by atoms with E-state index < -0.39 is 0 Å². The van der Waals surface area contributed by atoms with Crippen LogP contribution in [0.15, 0.2) is 29.3 Å². The molecule has 2 rings (SSSR count). The van der Waals surface area contributed by atoms with Gasteiger partial charge >= 0.3 is 0 Å². The van der Waals surface area contributed by atoms with Crippen molar-refractivity contribution in [2.45, 2.75) is 58.8 Å². The average Bonchev–Trinajstić information content (AvgIpc) is 2.98. The number of aliphatic imine (C=N–C) groups is 1. The van der Waals surface area contributed by atoms with Crippen LogP contribution in [0, 0.1) is 0 Å². The number of ether oxygens (including phenoxy) is 2. The van der Waals surface area contributed by atoms with Crippen LogP contribution in [0.3, 0.4) is 0 Å². The Kier molecular flexibility index (Phi) is 9.56. The van der Waals surface area contributed by atoms with Gasteiger partial charge in [0.05, 0.1) is 18.2 Å². The second-order valence-corrected chi connectivity index (χ2v) is 6.76. The molecule has 0 aromatic heterocycles. The van der Waals surface area contributed by atoms with Gasteiger partial charge in [0.1, 0.15) is 5.75 Å². The van der Waals surface area contributed by atoms with Crippen LogP contribution < -0.4 is 15.4 Å². The Labute approximate surface area is 169 Å². The van der Waals surface area contributed by atoms with E-state index in [1.165, 1.54) is 0 Å². The minimum atomic E-state index is -0.0774. The van der Waals surface area contributed by atoms with Crippen molar-refractivity contribution in [2.24, 2.45) is 4.99 Å². The molecule has 0 spiro atoms. The molecule has 0 saturated carbocycles. The van der Waals surface area contributed by atoms with E-state index in [1.807, 2.05) is 26.0 Å². The summed E-state index contributed by atoms with van der Waals surface area (Å²) in [6.45, 7) is 11.4. The van der Waals surface area contributed by atoms with E-state index in [0.29, 0.717) is 6.54 Å². The summed E-state index contributed by atoms with van der Waals surface area (Å²) < 4.78 is 11.5. The molecule has 0 amide bonds. The average molecular weight is 461 g/mol. The van der Waals surface area contributed by atoms with Gasteiger partial charge in [-0.05, 0) is 58.2 Å². The quantitative estimate of drug-likeness (QED) is 0.369. The molecule has 25 heavy (non-hydrogen) atoms. The van der Waals surface area contributed by atoms with Crippen molar-refractivity contribution in [3.63, 3.8) is 0 Å². The molecule has 0 radical (unpaired) electrons. The second kappa shape index (κ2) is 10.9. The van der Waals surface area contributed by atoms with E-state index in [-0.39, 0.29) is 35.7 Å². The number of hydrogen-bond donors (Lipinski definition) is 2. The van der Waals surface area contributed by atoms with Crippen molar-refractivity contribution in [1.29, 1.82) is 0 Å². The number of guanidine groups is 1. The molecule has 2 N–H and O–H groups in total. The summed E-state index contributed by atoms with van der Waals surface area (Å²) >= 11 is 0. The fourth-order valence-electron chi connectivity index (χ4n) is 2.70. The minimum absolute atomic E-state index is 0. The van der Waals surface area contributed by atoms with E-state index in [4.69, 9.17) is 9.47 Å². The number of hydrogen-bond acceptors (Lipinski definition) is 3. The Hall–Kier alpha value is -1.02. The molecule has 1 aromatic carbocycles. The standard InChI is InChI=1S/C19H31N3O2.HI/c1-5-20-18(22-14-19(4)11-6-12-23-19)21-13-16-7-9-17(10-8-16)24-15(2)3;/h7-10,15H,5-6,11-14H2,1-4H3,(H2,20,21,22);1H. The lowest BCUT2D eigenvalue weighted by Crippen LogP contribution is -2.45. The maximum Gasteiger partial charge on any atom is 0.191 e. The molecule has 1 saturated heterocycles. The van der Waals surface area contributed by atoms with Crippen LogP contribution in [-0.2, 0) is 11.3 Å². The third-order valence-corrected chi connectivity index (χ3v) is 3.99. The van der Waals surface area contributed by atoms with Gasteiger partial charge in [-0.1, -0.05) is 12.1 Å². The van der Waals surface area contributed by atoms with Crippen LogP contribution in [0.25, 0.3) is 0 Å². The summed E-state index contributed by atoms with van der Waals surface area (Å²) in [6.07, 6.45) is 2.42. The summed E-state index contributed by atoms with van der Waals surface area (Å²) in [7, 11) is 0. The first-order chi connectivity index (χ1) is 11.5. The molecule has 1 aliphatic rings. The third-order valence-electron chi connectivity index (χ3n) is 3.99. The molecule has 1 atom stereocenters. The monoisotopic (exact) mass is 461 g/mol. The minimum Gasteiger partial charge on any atom is -0.491 e. The van der Waals surface area contributed by atoms with Crippen molar-refractivity contribution < 1.29 is 9.47 Å². The molecule has 6 heteroatoms. The Balaban J connectivity index is 0.00000312. The zero-order chi connectivity index (χ0) is 17.4. The molecule has 1 aromatic rings. The van der Waals surface area contributed by atoms with Crippen molar-refractivity contribution >= 4 is 29.9 Å². The van der Waals surface area contributed by atoms with Crippen LogP contribution >= 0.6 is 24.0 Å². The maximum atomic E-state index is 5.82. The van der Waals surface area contributed by atoms with Gasteiger partial charge in [0.25, 0.3) is 0 Å². The highest BCUT2D eigenvalue weighted by molar-refractivity contribution is 14.0. The van der Waals surface area contributed by atoms with E-state index in [0.717, 1.165) is 49.8 Å². The van der Waals surface area contributed by atoms with Gasteiger partial charge in [-0.2, -0.15) is 0 Å². The Bertz CT molecular complexity index is 526. The lowest BCUT2D eigenvalue weighted by atomic mass is 10.0. The van der Waals surface area contributed by atoms with Crippen LogP contribution in [0.4, 0.5) is 0 Å². The van der Waals surface area contributed by atoms with Crippen molar-refractivity contribution in [2.75, 3.05) is 19.7 Å². The highest BCUT2D eigenvalue weighted by atomic mass is 127. The van der Waals surface area contributed by atoms with Crippen LogP contribution in [0.2, 0.25) is 0 Å². The predicted molar refractivity (Wildman–Crippen MR) is 114 cm³/mol. The van der Waals surface area contributed by atoms with E-state index >= 15 is 0 Å². The lowest BCUT2D eigenvalue weighted by Gasteiger charge is -2.24. The van der Waals surface area contributed by atoms with Crippen molar-refractivity contribution in [1.82, 2.24) is 10.6 Å². The number of nitrogens with one attached hydrogen (secondary N) is 2. The highest BCUT2D eigenvalue weighted by Gasteiger charge is 2.29. The fraction of sp³-hybridized carbons (Fsp3) is 0.632. The zero-order valence-electron chi connectivity index (χ0n) is 15.8. The van der Waals surface area contributed by atoms with Crippen LogP contribution in [-0.4, -0.2) is 37.4 Å². The zero-order valence-corrected chi connectivity index (χ0v) is 18.1. The van der Waals surface area contributed by atoms with E-state index in [1.54, 1.807) is 0 Å². The first-order valence-corrected chi connectivity index (χ1v) is 8.92. The largest absolute Gasteiger partial charge is 0.491 e. The smallest absolute Gasteiger partial charge is 0.191 e. The Morgan fingerprint density at radius 3 is 2.56 bits per heavy atom. The summed E-state index contributed by atoms with van der Waals surface area (Å²) in [6, 6.07) is 8.12. The van der Waals surface area contributed by atoms with Crippen LogP contribution in [0.1, 0.15) is 46.1 Å². The molecule has 1 fully saturated rings. The second-order valence-electron chi connectivity index (χ2n) is 6.76. The number of nitrogens with zero attached hydrogens (tertiary/aromatic N) is 1. The maximum absolute atomic E-state index is 5.82. The lowest BCUT2D eigenvalue weighted by molar-refractivity contribution is 0.0243. The highest BCUT2D eigenvalue weighted by Crippen LogP contribution is 2.23. The van der Waals surface area contributed by atoms with Crippen molar-refractivity contribution in [3.8, 4) is 5.75 Å². The number of halogens is 1. The molecule has 1 heterocycles. The summed E-state index contributed by atoms with van der Waals surface area (Å²) in [4.78, 5) is 4.66. The van der Waals surface area contributed by atoms with Crippen LogP contribution in [0.5, 0.6) is 5.75 Å². The van der Waals surface area contributed by atoms with Gasteiger partial charge in [0, 0.05) is 19.7 Å². The predicted octanol–water partition coefficient (Wildman–Crippen LogP) is 3.72. The SMILES string of the molecule is CCNC(=NCc1ccc(OC(C)C)cc1)NCC1(C)CCCO1.I. The fourth-order valence-corrected chi connectivity index (χ4v) is 2.70. The first kappa shape index (κ1) is 22.0. The third kappa shape index (κ3) is 7.81. The summed E-state index contributed by atoms with van der Waals surface area (Å²) in [5, 5.41) is 6.69. The van der Waals surface area contributed by atoms with Gasteiger partial charge in [-0.15, -0.1) is 24.0 Å². The molecule has 0 aliphatic carbocycles. The molecule has 5 nitrogen and oxygen atoms in total. The van der Waals surface area contributed by atoms with E-state index in [9.17, 15) is 0 Å². The molecule has 0 bridgehead atoms. The molecule has 142 valence electrons. The molecule has 1 unspecified atom stereocenters. The molecule has 1 aliphatic heterocycles. The number of benzene rings is 1. The molecular weight excluding hydrogens is 429 g/mol. The Morgan fingerprint density at radius 1 is 1.28 bits per heavy atom. The summed E-state index contributed by atoms with van der Waals surface area (Å²) in [5.41, 5.74) is 1.08. The van der Waals surface area contributed by atoms with Gasteiger partial charge in [0.2, 0.25) is 0 Å². The summed E-state index contributed by atoms with van der Waals surface area (Å²) in [5.74, 6) is 1.73. The van der Waals surface area contributed by atoms with E-state index in [2.05, 4.69) is 41.6 Å². The first-order valence-electron chi connectivity index (χ1n) is 8.92. The van der Waals surface area contributed by atoms with Gasteiger partial charge < -0.3 is 20.1 Å². The molecular formula is C19H32IN3O2. The van der Waals surface area contributed by atoms with Gasteiger partial charge in [-0.3, -0.25) is 0 Å². The Morgan fingerprint density at radius 2 is 2.00 bits per heavy atom. The normalized spacial score (nSPS) is 20.3. The van der Waals surface area contributed by atoms with Crippen molar-refractivity contribution in [3.05, 3.63) is 29.8 Å². The van der Waals surface area contributed by atoms with Gasteiger partial charge in [-0.25, -0.2) is 4.99 Å². The van der Waals surface area contributed by atoms with Gasteiger partial charge in [0.15, 0.2) is 5.96 Å². The topological polar surface area (TPSA) is 54.9 Å². The number of rotatable bonds is 7.